The van der Waals surface area contributed by atoms with Crippen molar-refractivity contribution in [3.05, 3.63) is 29.6 Å². The fourth-order valence-corrected chi connectivity index (χ4v) is 0.914. The number of nitrogens with two attached hydrogens (primary N) is 2. The van der Waals surface area contributed by atoms with E-state index in [9.17, 15) is 14.0 Å². The van der Waals surface area contributed by atoms with E-state index in [4.69, 9.17) is 11.5 Å². The maximum absolute atomic E-state index is 12.9. The van der Waals surface area contributed by atoms with Gasteiger partial charge in [-0.3, -0.25) is 10.1 Å². The van der Waals surface area contributed by atoms with Crippen LogP contribution in [0.2, 0.25) is 0 Å². The summed E-state index contributed by atoms with van der Waals surface area (Å²) in [5, 5.41) is 1.78. The molecular weight excluding hydrogens is 189 g/mol. The quantitative estimate of drug-likeness (QED) is 0.561. The average Bonchev–Trinajstić information content (AvgIpc) is 2.08. The van der Waals surface area contributed by atoms with Gasteiger partial charge in [-0.15, -0.1) is 0 Å². The highest BCUT2D eigenvalue weighted by molar-refractivity contribution is 6.06. The standard InChI is InChI=1S/C8H8FN3O2/c9-5-3-1-2-4(6(5)10)7(13)12-8(11)14/h1-3H,10H2,(H3,11,12,13,14). The van der Waals surface area contributed by atoms with Gasteiger partial charge in [-0.2, -0.15) is 0 Å². The fraction of sp³-hybridized carbons (Fsp3) is 0. The highest BCUT2D eigenvalue weighted by atomic mass is 19.1. The summed E-state index contributed by atoms with van der Waals surface area (Å²) >= 11 is 0. The van der Waals surface area contributed by atoms with Crippen molar-refractivity contribution in [1.29, 1.82) is 0 Å². The molecule has 3 amide bonds. The molecule has 0 aliphatic heterocycles. The van der Waals surface area contributed by atoms with Crippen LogP contribution in [0.5, 0.6) is 0 Å². The Hall–Kier alpha value is -2.11. The van der Waals surface area contributed by atoms with Gasteiger partial charge < -0.3 is 11.5 Å². The zero-order chi connectivity index (χ0) is 10.7. The van der Waals surface area contributed by atoms with Gasteiger partial charge in [-0.1, -0.05) is 6.07 Å². The van der Waals surface area contributed by atoms with Crippen LogP contribution in [-0.2, 0) is 0 Å². The van der Waals surface area contributed by atoms with Gasteiger partial charge in [0.15, 0.2) is 0 Å². The van der Waals surface area contributed by atoms with E-state index in [2.05, 4.69) is 0 Å². The number of rotatable bonds is 1. The van der Waals surface area contributed by atoms with E-state index in [-0.39, 0.29) is 11.3 Å². The van der Waals surface area contributed by atoms with Crippen LogP contribution in [0.4, 0.5) is 14.9 Å². The second-order valence-corrected chi connectivity index (χ2v) is 2.52. The fourth-order valence-electron chi connectivity index (χ4n) is 0.914. The van der Waals surface area contributed by atoms with Gasteiger partial charge in [0.25, 0.3) is 5.91 Å². The van der Waals surface area contributed by atoms with Gasteiger partial charge in [0, 0.05) is 0 Å². The Morgan fingerprint density at radius 2 is 2.00 bits per heavy atom. The van der Waals surface area contributed by atoms with Gasteiger partial charge in [-0.25, -0.2) is 9.18 Å². The predicted molar refractivity (Wildman–Crippen MR) is 47.9 cm³/mol. The molecule has 1 rings (SSSR count). The summed E-state index contributed by atoms with van der Waals surface area (Å²) in [5.74, 6) is -1.54. The van der Waals surface area contributed by atoms with Crippen molar-refractivity contribution in [2.45, 2.75) is 0 Å². The molecule has 74 valence electrons. The molecule has 0 aliphatic rings. The molecule has 0 spiro atoms. The number of halogens is 1. The first kappa shape index (κ1) is 9.97. The zero-order valence-corrected chi connectivity index (χ0v) is 7.08. The van der Waals surface area contributed by atoms with Gasteiger partial charge in [0.2, 0.25) is 0 Å². The van der Waals surface area contributed by atoms with Crippen molar-refractivity contribution in [2.24, 2.45) is 5.73 Å². The number of hydrogen-bond donors (Lipinski definition) is 3. The number of hydrogen-bond acceptors (Lipinski definition) is 3. The molecule has 0 atom stereocenters. The van der Waals surface area contributed by atoms with Crippen LogP contribution in [-0.4, -0.2) is 11.9 Å². The van der Waals surface area contributed by atoms with Crippen LogP contribution in [0.15, 0.2) is 18.2 Å². The average molecular weight is 197 g/mol. The minimum Gasteiger partial charge on any atom is -0.396 e. The Bertz CT molecular complexity index is 392. The van der Waals surface area contributed by atoms with E-state index in [1.807, 2.05) is 0 Å². The monoisotopic (exact) mass is 197 g/mol. The molecule has 0 fully saturated rings. The van der Waals surface area contributed by atoms with Crippen molar-refractivity contribution in [2.75, 3.05) is 5.73 Å². The van der Waals surface area contributed by atoms with Gasteiger partial charge >= 0.3 is 6.03 Å². The van der Waals surface area contributed by atoms with E-state index in [1.165, 1.54) is 12.1 Å². The second kappa shape index (κ2) is 3.73. The number of anilines is 1. The lowest BCUT2D eigenvalue weighted by atomic mass is 10.1. The number of imide groups is 1. The number of nitrogens with one attached hydrogen (secondary N) is 1. The van der Waals surface area contributed by atoms with Crippen LogP contribution < -0.4 is 16.8 Å². The number of primary amides is 1. The topological polar surface area (TPSA) is 98.2 Å². The smallest absolute Gasteiger partial charge is 0.319 e. The zero-order valence-electron chi connectivity index (χ0n) is 7.08. The largest absolute Gasteiger partial charge is 0.396 e. The summed E-state index contributed by atoms with van der Waals surface area (Å²) in [4.78, 5) is 21.5. The molecule has 1 aromatic rings. The molecule has 0 bridgehead atoms. The number of urea groups is 1. The highest BCUT2D eigenvalue weighted by Crippen LogP contribution is 2.15. The molecule has 0 unspecified atom stereocenters. The molecule has 0 aliphatic carbocycles. The minimum atomic E-state index is -1.02. The highest BCUT2D eigenvalue weighted by Gasteiger charge is 2.13. The number of carbonyl (C=O) groups is 2. The van der Waals surface area contributed by atoms with Gasteiger partial charge in [-0.05, 0) is 12.1 Å². The van der Waals surface area contributed by atoms with Crippen LogP contribution in [0.25, 0.3) is 0 Å². The van der Waals surface area contributed by atoms with Crippen molar-refractivity contribution in [1.82, 2.24) is 5.32 Å². The summed E-state index contributed by atoms with van der Waals surface area (Å²) in [6.07, 6.45) is 0. The molecule has 0 saturated carbocycles. The molecule has 5 N–H and O–H groups in total. The summed E-state index contributed by atoms with van der Waals surface area (Å²) in [5.41, 5.74) is 9.55. The minimum absolute atomic E-state index is 0.121. The first-order chi connectivity index (χ1) is 6.52. The lowest BCUT2D eigenvalue weighted by molar-refractivity contribution is 0.0967. The Labute approximate surface area is 78.9 Å². The third kappa shape index (κ3) is 1.98. The van der Waals surface area contributed by atoms with Crippen molar-refractivity contribution in [3.8, 4) is 0 Å². The van der Waals surface area contributed by atoms with E-state index in [0.717, 1.165) is 6.07 Å². The van der Waals surface area contributed by atoms with Crippen LogP contribution >= 0.6 is 0 Å². The molecule has 1 aromatic carbocycles. The van der Waals surface area contributed by atoms with Crippen LogP contribution in [0.1, 0.15) is 10.4 Å². The maximum Gasteiger partial charge on any atom is 0.319 e. The van der Waals surface area contributed by atoms with Gasteiger partial charge in [0.05, 0.1) is 11.3 Å². The third-order valence-corrected chi connectivity index (χ3v) is 1.53. The Morgan fingerprint density at radius 3 is 2.57 bits per heavy atom. The number of para-hydroxylation sites is 1. The predicted octanol–water partition coefficient (Wildman–Crippen LogP) is 0.216. The molecule has 0 aromatic heterocycles. The summed E-state index contributed by atoms with van der Waals surface area (Å²) in [7, 11) is 0. The van der Waals surface area contributed by atoms with Crippen LogP contribution in [0.3, 0.4) is 0 Å². The molecule has 14 heavy (non-hydrogen) atoms. The Balaban J connectivity index is 3.01. The second-order valence-electron chi connectivity index (χ2n) is 2.52. The third-order valence-electron chi connectivity index (χ3n) is 1.53. The normalized spacial score (nSPS) is 9.50. The first-order valence-corrected chi connectivity index (χ1v) is 3.67. The SMILES string of the molecule is NC(=O)NC(=O)c1cccc(F)c1N. The van der Waals surface area contributed by atoms with E-state index < -0.39 is 17.8 Å². The molecule has 0 radical (unpaired) electrons. The van der Waals surface area contributed by atoms with Gasteiger partial charge in [0.1, 0.15) is 5.82 Å². The molecule has 0 heterocycles. The van der Waals surface area contributed by atoms with Crippen molar-refractivity contribution in [3.63, 3.8) is 0 Å². The summed E-state index contributed by atoms with van der Waals surface area (Å²) in [6, 6.07) is 2.69. The van der Waals surface area contributed by atoms with Crippen molar-refractivity contribution >= 4 is 17.6 Å². The van der Waals surface area contributed by atoms with Crippen molar-refractivity contribution < 1.29 is 14.0 Å². The summed E-state index contributed by atoms with van der Waals surface area (Å²) in [6.45, 7) is 0. The molecule has 6 heteroatoms. The number of benzene rings is 1. The molecular formula is C8H8FN3O2. The maximum atomic E-state index is 12.9. The number of amides is 3. The molecule has 5 nitrogen and oxygen atoms in total. The lowest BCUT2D eigenvalue weighted by Crippen LogP contribution is -2.35. The Morgan fingerprint density at radius 1 is 1.36 bits per heavy atom. The van der Waals surface area contributed by atoms with Crippen LogP contribution in [0, 0.1) is 5.82 Å². The van der Waals surface area contributed by atoms with E-state index in [1.54, 1.807) is 5.32 Å². The Kier molecular flexibility index (Phi) is 2.66. The number of nitrogen functional groups attached to an aromatic ring is 1. The number of carbonyl (C=O) groups excluding carboxylic acids is 2. The first-order valence-electron chi connectivity index (χ1n) is 3.67. The lowest BCUT2D eigenvalue weighted by Gasteiger charge is -2.04. The van der Waals surface area contributed by atoms with E-state index in [0.29, 0.717) is 0 Å². The van der Waals surface area contributed by atoms with E-state index >= 15 is 0 Å². The summed E-state index contributed by atoms with van der Waals surface area (Å²) < 4.78 is 12.9. The molecule has 0 saturated heterocycles.